The predicted molar refractivity (Wildman–Crippen MR) is 107 cm³/mol. The summed E-state index contributed by atoms with van der Waals surface area (Å²) in [6.45, 7) is 2.32. The number of ether oxygens (including phenoxy) is 2. The van der Waals surface area contributed by atoms with E-state index in [4.69, 9.17) is 9.47 Å². The largest absolute Gasteiger partial charge is 0.465 e. The monoisotopic (exact) mass is 423 g/mol. The number of nitrogens with zero attached hydrogens (tertiary/aromatic N) is 3. The molecular weight excluding hydrogens is 402 g/mol. The molecule has 1 aromatic carbocycles. The highest BCUT2D eigenvalue weighted by atomic mass is 32.2. The van der Waals surface area contributed by atoms with Gasteiger partial charge in [-0.3, -0.25) is 9.59 Å². The second-order valence-electron chi connectivity index (χ2n) is 6.11. The Morgan fingerprint density at radius 1 is 1.25 bits per heavy atom. The molecule has 0 N–H and O–H groups in total. The van der Waals surface area contributed by atoms with Crippen molar-refractivity contribution < 1.29 is 23.9 Å². The maximum Gasteiger partial charge on any atom is 0.337 e. The summed E-state index contributed by atoms with van der Waals surface area (Å²) in [5.41, 5.74) is 1.33. The minimum Gasteiger partial charge on any atom is -0.465 e. The van der Waals surface area contributed by atoms with E-state index >= 15 is 0 Å². The predicted octanol–water partition coefficient (Wildman–Crippen LogP) is 1.05. The van der Waals surface area contributed by atoms with E-state index in [2.05, 4.69) is 4.99 Å². The normalized spacial score (nSPS) is 15.1. The summed E-state index contributed by atoms with van der Waals surface area (Å²) in [6, 6.07) is 5.21. The van der Waals surface area contributed by atoms with E-state index in [9.17, 15) is 14.4 Å². The first kappa shape index (κ1) is 20.6. The third kappa shape index (κ3) is 4.81. The molecule has 1 fully saturated rings. The molecule has 0 bridgehead atoms. The van der Waals surface area contributed by atoms with Gasteiger partial charge in [0.1, 0.15) is 0 Å². The summed E-state index contributed by atoms with van der Waals surface area (Å²) in [5, 5.41) is 0. The number of thiazole rings is 1. The SMILES string of the molecule is COC(=O)c1ccc2c(c1)sc(=NC(=O)CSCC(=O)N1CCOCC1)n2C. The summed E-state index contributed by atoms with van der Waals surface area (Å²) in [4.78, 5) is 42.4. The summed E-state index contributed by atoms with van der Waals surface area (Å²) in [7, 11) is 3.15. The number of fused-ring (bicyclic) bond motifs is 1. The standard InChI is InChI=1S/C18H21N3O5S2/c1-20-13-4-3-12(17(24)25-2)9-14(13)28-18(20)19-15(22)10-27-11-16(23)21-5-7-26-8-6-21/h3-4,9H,5-8,10-11H2,1-2H3. The molecule has 0 atom stereocenters. The van der Waals surface area contributed by atoms with Crippen molar-refractivity contribution in [2.75, 3.05) is 44.9 Å². The number of esters is 1. The summed E-state index contributed by atoms with van der Waals surface area (Å²) in [6.07, 6.45) is 0. The molecule has 1 aromatic heterocycles. The molecule has 2 amide bonds. The molecule has 0 aliphatic carbocycles. The van der Waals surface area contributed by atoms with Crippen molar-refractivity contribution in [2.45, 2.75) is 0 Å². The fourth-order valence-electron chi connectivity index (χ4n) is 2.75. The Hall–Kier alpha value is -2.17. The van der Waals surface area contributed by atoms with Gasteiger partial charge >= 0.3 is 5.97 Å². The Kier molecular flexibility index (Phi) is 6.87. The molecular formula is C18H21N3O5S2. The van der Waals surface area contributed by atoms with Crippen LogP contribution in [-0.4, -0.2) is 72.2 Å². The number of aryl methyl sites for hydroxylation is 1. The second kappa shape index (κ2) is 9.35. The van der Waals surface area contributed by atoms with Gasteiger partial charge in [-0.25, -0.2) is 4.79 Å². The Balaban J connectivity index is 1.64. The van der Waals surface area contributed by atoms with Crippen LogP contribution in [0.4, 0.5) is 0 Å². The first-order chi connectivity index (χ1) is 13.5. The molecule has 28 heavy (non-hydrogen) atoms. The number of amides is 2. The maximum atomic E-state index is 12.2. The van der Waals surface area contributed by atoms with Crippen LogP contribution >= 0.6 is 23.1 Å². The number of methoxy groups -OCH3 is 1. The number of thioether (sulfide) groups is 1. The third-order valence-electron chi connectivity index (χ3n) is 4.27. The lowest BCUT2D eigenvalue weighted by molar-refractivity contribution is -0.132. The fourth-order valence-corrected chi connectivity index (χ4v) is 4.53. The van der Waals surface area contributed by atoms with Crippen LogP contribution < -0.4 is 4.80 Å². The van der Waals surface area contributed by atoms with E-state index in [0.29, 0.717) is 36.7 Å². The van der Waals surface area contributed by atoms with Crippen LogP contribution in [-0.2, 0) is 26.1 Å². The lowest BCUT2D eigenvalue weighted by Gasteiger charge is -2.26. The van der Waals surface area contributed by atoms with E-state index in [-0.39, 0.29) is 23.3 Å². The summed E-state index contributed by atoms with van der Waals surface area (Å²) < 4.78 is 12.6. The fraction of sp³-hybridized carbons (Fsp3) is 0.444. The zero-order valence-corrected chi connectivity index (χ0v) is 17.3. The molecule has 1 aliphatic rings. The Bertz CT molecular complexity index is 960. The molecule has 2 aromatic rings. The zero-order valence-electron chi connectivity index (χ0n) is 15.7. The molecule has 1 saturated heterocycles. The average molecular weight is 424 g/mol. The zero-order chi connectivity index (χ0) is 20.1. The van der Waals surface area contributed by atoms with Crippen LogP contribution in [0.15, 0.2) is 23.2 Å². The smallest absolute Gasteiger partial charge is 0.337 e. The topological polar surface area (TPSA) is 90.2 Å². The van der Waals surface area contributed by atoms with E-state index in [1.807, 2.05) is 11.6 Å². The summed E-state index contributed by atoms with van der Waals surface area (Å²) >= 11 is 2.59. The number of carbonyl (C=O) groups excluding carboxylic acids is 3. The van der Waals surface area contributed by atoms with Gasteiger partial charge in [0, 0.05) is 20.1 Å². The van der Waals surface area contributed by atoms with Crippen molar-refractivity contribution in [3.63, 3.8) is 0 Å². The molecule has 10 heteroatoms. The Morgan fingerprint density at radius 3 is 2.71 bits per heavy atom. The van der Waals surface area contributed by atoms with Crippen molar-refractivity contribution in [2.24, 2.45) is 12.0 Å². The van der Waals surface area contributed by atoms with Crippen LogP contribution in [0.25, 0.3) is 10.2 Å². The molecule has 1 aliphatic heterocycles. The van der Waals surface area contributed by atoms with Crippen LogP contribution in [0, 0.1) is 0 Å². The first-order valence-corrected chi connectivity index (χ1v) is 10.7. The van der Waals surface area contributed by atoms with Gasteiger partial charge in [0.2, 0.25) is 5.91 Å². The number of morpholine rings is 1. The van der Waals surface area contributed by atoms with Crippen molar-refractivity contribution in [1.29, 1.82) is 0 Å². The van der Waals surface area contributed by atoms with Crippen molar-refractivity contribution in [3.8, 4) is 0 Å². The first-order valence-electron chi connectivity index (χ1n) is 8.68. The third-order valence-corrected chi connectivity index (χ3v) is 6.26. The lowest BCUT2D eigenvalue weighted by atomic mass is 10.2. The molecule has 150 valence electrons. The van der Waals surface area contributed by atoms with E-state index in [0.717, 1.165) is 10.2 Å². The van der Waals surface area contributed by atoms with Crippen LogP contribution in [0.1, 0.15) is 10.4 Å². The molecule has 0 saturated carbocycles. The highest BCUT2D eigenvalue weighted by Gasteiger charge is 2.17. The number of hydrogen-bond acceptors (Lipinski definition) is 7. The molecule has 0 unspecified atom stereocenters. The van der Waals surface area contributed by atoms with Gasteiger partial charge in [-0.2, -0.15) is 4.99 Å². The summed E-state index contributed by atoms with van der Waals surface area (Å²) in [5.74, 6) is -0.298. The molecule has 8 nitrogen and oxygen atoms in total. The van der Waals surface area contributed by atoms with Gasteiger partial charge in [0.25, 0.3) is 5.91 Å². The van der Waals surface area contributed by atoms with E-state index in [1.54, 1.807) is 23.1 Å². The van der Waals surface area contributed by atoms with Crippen LogP contribution in [0.3, 0.4) is 0 Å². The number of benzene rings is 1. The Morgan fingerprint density at radius 2 is 2.00 bits per heavy atom. The van der Waals surface area contributed by atoms with E-state index in [1.165, 1.54) is 30.2 Å². The molecule has 3 rings (SSSR count). The highest BCUT2D eigenvalue weighted by molar-refractivity contribution is 8.00. The minimum absolute atomic E-state index is 0.0175. The Labute approximate surface area is 170 Å². The van der Waals surface area contributed by atoms with Crippen molar-refractivity contribution in [3.05, 3.63) is 28.6 Å². The number of rotatable bonds is 5. The molecule has 0 spiro atoms. The average Bonchev–Trinajstić information content (AvgIpc) is 3.02. The van der Waals surface area contributed by atoms with E-state index < -0.39 is 5.97 Å². The van der Waals surface area contributed by atoms with Gasteiger partial charge < -0.3 is 18.9 Å². The van der Waals surface area contributed by atoms with Gasteiger partial charge in [-0.15, -0.1) is 11.8 Å². The van der Waals surface area contributed by atoms with Crippen molar-refractivity contribution in [1.82, 2.24) is 9.47 Å². The van der Waals surface area contributed by atoms with Gasteiger partial charge in [-0.05, 0) is 18.2 Å². The van der Waals surface area contributed by atoms with Gasteiger partial charge in [0.05, 0.1) is 47.6 Å². The van der Waals surface area contributed by atoms with Gasteiger partial charge in [0.15, 0.2) is 4.80 Å². The van der Waals surface area contributed by atoms with Crippen LogP contribution in [0.5, 0.6) is 0 Å². The maximum absolute atomic E-state index is 12.2. The molecule has 2 heterocycles. The number of aromatic nitrogens is 1. The highest BCUT2D eigenvalue weighted by Crippen LogP contribution is 2.19. The molecule has 0 radical (unpaired) electrons. The number of carbonyl (C=O) groups is 3. The second-order valence-corrected chi connectivity index (χ2v) is 8.10. The number of hydrogen-bond donors (Lipinski definition) is 0. The van der Waals surface area contributed by atoms with Gasteiger partial charge in [-0.1, -0.05) is 11.3 Å². The minimum atomic E-state index is -0.408. The lowest BCUT2D eigenvalue weighted by Crippen LogP contribution is -2.41. The van der Waals surface area contributed by atoms with Crippen LogP contribution in [0.2, 0.25) is 0 Å². The quantitative estimate of drug-likeness (QED) is 0.668. The van der Waals surface area contributed by atoms with Crippen molar-refractivity contribution >= 4 is 51.1 Å².